The maximum absolute atomic E-state index is 13.1. The van der Waals surface area contributed by atoms with Crippen molar-refractivity contribution in [1.82, 2.24) is 4.31 Å². The lowest BCUT2D eigenvalue weighted by atomic mass is 10.2. The number of nitrogens with zero attached hydrogens (tertiary/aromatic N) is 1. The first-order valence-electron chi connectivity index (χ1n) is 7.58. The van der Waals surface area contributed by atoms with Gasteiger partial charge >= 0.3 is 0 Å². The number of hydrogen-bond acceptors (Lipinski definition) is 5. The smallest absolute Gasteiger partial charge is 0.243 e. The molecule has 0 aliphatic carbocycles. The highest BCUT2D eigenvalue weighted by molar-refractivity contribution is 7.89. The van der Waals surface area contributed by atoms with Gasteiger partial charge in [0.05, 0.1) is 4.90 Å². The Balaban J connectivity index is 1.96. The van der Waals surface area contributed by atoms with Gasteiger partial charge in [-0.3, -0.25) is 0 Å². The molecular weight excluding hydrogens is 346 g/mol. The summed E-state index contributed by atoms with van der Waals surface area (Å²) in [6.07, 6.45) is 0. The zero-order valence-electron chi connectivity index (χ0n) is 13.3. The predicted octanol–water partition coefficient (Wildman–Crippen LogP) is 2.92. The Morgan fingerprint density at radius 3 is 2.54 bits per heavy atom. The third-order valence-electron chi connectivity index (χ3n) is 3.89. The van der Waals surface area contributed by atoms with Gasteiger partial charge in [0.2, 0.25) is 16.8 Å². The molecule has 128 valence electrons. The molecule has 2 aromatic carbocycles. The van der Waals surface area contributed by atoms with Crippen LogP contribution in [0.25, 0.3) is 0 Å². The van der Waals surface area contributed by atoms with Gasteiger partial charge in [-0.25, -0.2) is 8.42 Å². The van der Waals surface area contributed by atoms with Gasteiger partial charge in [-0.05, 0) is 24.6 Å². The Hall–Kier alpha value is -1.70. The monoisotopic (exact) mass is 365 g/mol. The molecule has 0 aromatic heterocycles. The average molecular weight is 365 g/mol. The zero-order valence-corrected chi connectivity index (χ0v) is 15.0. The van der Waals surface area contributed by atoms with E-state index in [-0.39, 0.29) is 17.7 Å². The first-order valence-corrected chi connectivity index (χ1v) is 9.66. The molecule has 1 aliphatic heterocycles. The van der Waals surface area contributed by atoms with Gasteiger partial charge < -0.3 is 9.47 Å². The van der Waals surface area contributed by atoms with Crippen LogP contribution in [0.3, 0.4) is 0 Å². The number of thiol groups is 1. The first-order chi connectivity index (χ1) is 11.5. The van der Waals surface area contributed by atoms with Gasteiger partial charge in [0.1, 0.15) is 0 Å². The lowest BCUT2D eigenvalue weighted by molar-refractivity contribution is 0.174. The molecule has 2 aromatic rings. The quantitative estimate of drug-likeness (QED) is 0.800. The second-order valence-electron chi connectivity index (χ2n) is 5.58. The van der Waals surface area contributed by atoms with E-state index < -0.39 is 10.0 Å². The maximum atomic E-state index is 13.1. The van der Waals surface area contributed by atoms with E-state index in [4.69, 9.17) is 9.47 Å². The van der Waals surface area contributed by atoms with Crippen LogP contribution in [0.5, 0.6) is 11.5 Å². The van der Waals surface area contributed by atoms with Crippen LogP contribution < -0.4 is 9.47 Å². The van der Waals surface area contributed by atoms with Gasteiger partial charge in [-0.1, -0.05) is 30.3 Å². The SMILES string of the molecule is CC(CS)N(Cc1ccccc1)S(=O)(=O)c1ccc2c(c1)OCO2. The molecule has 3 rings (SSSR count). The second kappa shape index (κ2) is 7.04. The van der Waals surface area contributed by atoms with Crippen molar-refractivity contribution in [3.05, 3.63) is 54.1 Å². The summed E-state index contributed by atoms with van der Waals surface area (Å²) in [5.74, 6) is 1.44. The second-order valence-corrected chi connectivity index (χ2v) is 7.84. The minimum atomic E-state index is -3.68. The van der Waals surface area contributed by atoms with Crippen LogP contribution in [0.2, 0.25) is 0 Å². The average Bonchev–Trinajstić information content (AvgIpc) is 3.07. The summed E-state index contributed by atoms with van der Waals surface area (Å²) in [5, 5.41) is 0. The third kappa shape index (κ3) is 3.38. The molecular formula is C17H19NO4S2. The van der Waals surface area contributed by atoms with Gasteiger partial charge in [-0.2, -0.15) is 16.9 Å². The summed E-state index contributed by atoms with van der Waals surface area (Å²) >= 11 is 4.28. The van der Waals surface area contributed by atoms with E-state index in [0.29, 0.717) is 23.8 Å². The fourth-order valence-corrected chi connectivity index (χ4v) is 4.45. The molecule has 0 radical (unpaired) electrons. The van der Waals surface area contributed by atoms with E-state index >= 15 is 0 Å². The van der Waals surface area contributed by atoms with Gasteiger partial charge in [0.15, 0.2) is 11.5 Å². The summed E-state index contributed by atoms with van der Waals surface area (Å²) in [6, 6.07) is 14.0. The van der Waals surface area contributed by atoms with E-state index in [2.05, 4.69) is 12.6 Å². The summed E-state index contributed by atoms with van der Waals surface area (Å²) < 4.78 is 38.3. The van der Waals surface area contributed by atoms with Crippen LogP contribution in [-0.2, 0) is 16.6 Å². The van der Waals surface area contributed by atoms with Crippen molar-refractivity contribution >= 4 is 22.7 Å². The van der Waals surface area contributed by atoms with Gasteiger partial charge in [-0.15, -0.1) is 0 Å². The van der Waals surface area contributed by atoms with E-state index in [1.807, 2.05) is 37.3 Å². The van der Waals surface area contributed by atoms with Gasteiger partial charge in [0, 0.05) is 24.4 Å². The van der Waals surface area contributed by atoms with Crippen molar-refractivity contribution in [1.29, 1.82) is 0 Å². The van der Waals surface area contributed by atoms with Crippen LogP contribution in [-0.4, -0.2) is 31.3 Å². The Bertz CT molecular complexity index is 809. The highest BCUT2D eigenvalue weighted by atomic mass is 32.2. The lowest BCUT2D eigenvalue weighted by Gasteiger charge is -2.27. The van der Waals surface area contributed by atoms with Crippen molar-refractivity contribution in [3.63, 3.8) is 0 Å². The van der Waals surface area contributed by atoms with Gasteiger partial charge in [0.25, 0.3) is 0 Å². The fourth-order valence-electron chi connectivity index (χ4n) is 2.50. The number of hydrogen-bond donors (Lipinski definition) is 1. The van der Waals surface area contributed by atoms with Crippen molar-refractivity contribution in [2.24, 2.45) is 0 Å². The first kappa shape index (κ1) is 17.1. The van der Waals surface area contributed by atoms with Crippen LogP contribution in [0.4, 0.5) is 0 Å². The van der Waals surface area contributed by atoms with Crippen molar-refractivity contribution in [2.45, 2.75) is 24.4 Å². The summed E-state index contributed by atoms with van der Waals surface area (Å²) in [6.45, 7) is 2.25. The number of ether oxygens (including phenoxy) is 2. The highest BCUT2D eigenvalue weighted by Crippen LogP contribution is 2.35. The Morgan fingerprint density at radius 2 is 1.83 bits per heavy atom. The molecule has 5 nitrogen and oxygen atoms in total. The molecule has 0 spiro atoms. The van der Waals surface area contributed by atoms with Crippen molar-refractivity contribution < 1.29 is 17.9 Å². The maximum Gasteiger partial charge on any atom is 0.243 e. The van der Waals surface area contributed by atoms with E-state index in [9.17, 15) is 8.42 Å². The summed E-state index contributed by atoms with van der Waals surface area (Å²) in [7, 11) is -3.68. The van der Waals surface area contributed by atoms with Crippen LogP contribution in [0.15, 0.2) is 53.4 Å². The molecule has 0 amide bonds. The molecule has 1 atom stereocenters. The third-order valence-corrected chi connectivity index (χ3v) is 6.37. The summed E-state index contributed by atoms with van der Waals surface area (Å²) in [5.41, 5.74) is 0.926. The van der Waals surface area contributed by atoms with Crippen molar-refractivity contribution in [2.75, 3.05) is 12.5 Å². The molecule has 7 heteroatoms. The van der Waals surface area contributed by atoms with Crippen LogP contribution in [0, 0.1) is 0 Å². The molecule has 0 bridgehead atoms. The molecule has 0 saturated carbocycles. The molecule has 1 aliphatic rings. The van der Waals surface area contributed by atoms with Crippen LogP contribution in [0.1, 0.15) is 12.5 Å². The molecule has 0 saturated heterocycles. The van der Waals surface area contributed by atoms with Crippen LogP contribution >= 0.6 is 12.6 Å². The predicted molar refractivity (Wildman–Crippen MR) is 95.1 cm³/mol. The van der Waals surface area contributed by atoms with E-state index in [0.717, 1.165) is 5.56 Å². The summed E-state index contributed by atoms with van der Waals surface area (Å²) in [4.78, 5) is 0.191. The number of rotatable bonds is 6. The molecule has 1 heterocycles. The zero-order chi connectivity index (χ0) is 17.2. The Labute approximate surface area is 147 Å². The topological polar surface area (TPSA) is 55.8 Å². The number of fused-ring (bicyclic) bond motifs is 1. The molecule has 1 unspecified atom stereocenters. The minimum absolute atomic E-state index is 0.111. The van der Waals surface area contributed by atoms with E-state index in [1.54, 1.807) is 12.1 Å². The standard InChI is InChI=1S/C17H19NO4S2/c1-13(11-23)18(10-14-5-3-2-4-6-14)24(19,20)15-7-8-16-17(9-15)22-12-21-16/h2-9,13,23H,10-12H2,1H3. The Kier molecular flexibility index (Phi) is 5.03. The minimum Gasteiger partial charge on any atom is -0.454 e. The number of sulfonamides is 1. The largest absolute Gasteiger partial charge is 0.454 e. The highest BCUT2D eigenvalue weighted by Gasteiger charge is 2.30. The normalized spacial score (nSPS) is 14.8. The molecule has 0 N–H and O–H groups in total. The number of benzene rings is 2. The molecule has 24 heavy (non-hydrogen) atoms. The fraction of sp³-hybridized carbons (Fsp3) is 0.294. The van der Waals surface area contributed by atoms with E-state index in [1.165, 1.54) is 10.4 Å². The Morgan fingerprint density at radius 1 is 1.12 bits per heavy atom. The lowest BCUT2D eigenvalue weighted by Crippen LogP contribution is -2.39. The molecule has 0 fully saturated rings. The van der Waals surface area contributed by atoms with Crippen molar-refractivity contribution in [3.8, 4) is 11.5 Å².